The number of carbonyl (C=O) groups excluding carboxylic acids is 2. The Morgan fingerprint density at radius 3 is 1.97 bits per heavy atom. The number of alkyl halides is 3. The molecule has 2 aliphatic rings. The van der Waals surface area contributed by atoms with Gasteiger partial charge in [-0.2, -0.15) is 13.2 Å². The number of ether oxygens (including phenoxy) is 2. The molecule has 2 fully saturated rings. The number of nitrogens with zero attached hydrogens (tertiary/aromatic N) is 5. The van der Waals surface area contributed by atoms with Crippen molar-refractivity contribution in [3.8, 4) is 0 Å². The summed E-state index contributed by atoms with van der Waals surface area (Å²) in [6.07, 6.45) is -3.04. The van der Waals surface area contributed by atoms with Crippen LogP contribution in [0.15, 0.2) is 12.4 Å². The minimum Gasteiger partial charge on any atom is -0.446 e. The van der Waals surface area contributed by atoms with Crippen LogP contribution in [0.4, 0.5) is 28.7 Å². The van der Waals surface area contributed by atoms with Gasteiger partial charge in [0.1, 0.15) is 11.7 Å². The summed E-state index contributed by atoms with van der Waals surface area (Å²) in [5.74, 6) is 0.189. The Kier molecular flexibility index (Phi) is 7.47. The van der Waals surface area contributed by atoms with Gasteiger partial charge in [-0.15, -0.1) is 0 Å². The Hall–Kier alpha value is -2.79. The van der Waals surface area contributed by atoms with Crippen molar-refractivity contribution in [2.24, 2.45) is 0 Å². The van der Waals surface area contributed by atoms with E-state index in [0.29, 0.717) is 39.0 Å². The quantitative estimate of drug-likeness (QED) is 0.625. The van der Waals surface area contributed by atoms with Crippen molar-refractivity contribution < 1.29 is 32.2 Å². The van der Waals surface area contributed by atoms with Crippen LogP contribution in [0.3, 0.4) is 0 Å². The monoisotopic (exact) mass is 487 g/mol. The molecular weight excluding hydrogens is 455 g/mol. The van der Waals surface area contributed by atoms with Gasteiger partial charge in [-0.1, -0.05) is 0 Å². The molecule has 3 rings (SSSR count). The van der Waals surface area contributed by atoms with Crippen LogP contribution >= 0.6 is 0 Å². The molecule has 9 nitrogen and oxygen atoms in total. The summed E-state index contributed by atoms with van der Waals surface area (Å²) in [7, 11) is 0. The lowest BCUT2D eigenvalue weighted by Crippen LogP contribution is -2.59. The zero-order valence-corrected chi connectivity index (χ0v) is 20.1. The standard InChI is InChI=1S/C22H32F3N5O4/c1-14-12-29(18-26-10-16(11-27-18)22(23,24)25)13-15(2)30(14)20(32)33-17-6-8-28(9-7-17)19(31)34-21(3,4)5/h10-11,14-15,17H,6-9,12-13H2,1-5H3/t14-,15-/m1/s1. The molecule has 0 radical (unpaired) electrons. The van der Waals surface area contributed by atoms with Gasteiger partial charge in [0, 0.05) is 51.4 Å². The highest BCUT2D eigenvalue weighted by Crippen LogP contribution is 2.29. The van der Waals surface area contributed by atoms with E-state index in [-0.39, 0.29) is 30.2 Å². The predicted molar refractivity (Wildman–Crippen MR) is 117 cm³/mol. The van der Waals surface area contributed by atoms with Gasteiger partial charge >= 0.3 is 18.4 Å². The topological polar surface area (TPSA) is 88.1 Å². The molecule has 0 spiro atoms. The molecule has 1 aromatic heterocycles. The van der Waals surface area contributed by atoms with E-state index >= 15 is 0 Å². The van der Waals surface area contributed by atoms with E-state index in [1.54, 1.807) is 14.7 Å². The van der Waals surface area contributed by atoms with Crippen LogP contribution in [0.25, 0.3) is 0 Å². The van der Waals surface area contributed by atoms with Crippen molar-refractivity contribution in [1.82, 2.24) is 19.8 Å². The Bertz CT molecular complexity index is 855. The fourth-order valence-corrected chi connectivity index (χ4v) is 4.16. The molecule has 34 heavy (non-hydrogen) atoms. The molecule has 0 N–H and O–H groups in total. The second kappa shape index (κ2) is 9.83. The summed E-state index contributed by atoms with van der Waals surface area (Å²) in [6, 6.07) is -0.520. The number of likely N-dealkylation sites (tertiary alicyclic amines) is 1. The molecule has 0 unspecified atom stereocenters. The third-order valence-electron chi connectivity index (χ3n) is 5.74. The van der Waals surface area contributed by atoms with Gasteiger partial charge < -0.3 is 19.3 Å². The van der Waals surface area contributed by atoms with Crippen LogP contribution in [-0.2, 0) is 15.7 Å². The second-order valence-electron chi connectivity index (χ2n) is 9.83. The molecule has 12 heteroatoms. The number of piperazine rings is 1. The van der Waals surface area contributed by atoms with Crippen molar-refractivity contribution in [3.63, 3.8) is 0 Å². The highest BCUT2D eigenvalue weighted by atomic mass is 19.4. The van der Waals surface area contributed by atoms with E-state index in [1.807, 2.05) is 34.6 Å². The van der Waals surface area contributed by atoms with E-state index in [0.717, 1.165) is 12.4 Å². The molecule has 3 heterocycles. The molecule has 0 aliphatic carbocycles. The number of aromatic nitrogens is 2. The molecule has 2 aliphatic heterocycles. The average Bonchev–Trinajstić information content (AvgIpc) is 2.72. The number of amides is 2. The minimum absolute atomic E-state index is 0.189. The molecule has 1 aromatic rings. The lowest BCUT2D eigenvalue weighted by molar-refractivity contribution is -0.138. The molecule has 2 saturated heterocycles. The maximum absolute atomic E-state index is 12.9. The molecular formula is C22H32F3N5O4. The largest absolute Gasteiger partial charge is 0.446 e. The first kappa shape index (κ1) is 25.8. The van der Waals surface area contributed by atoms with Crippen LogP contribution in [0, 0.1) is 0 Å². The summed E-state index contributed by atoms with van der Waals surface area (Å²) < 4.78 is 49.4. The maximum atomic E-state index is 12.9. The van der Waals surface area contributed by atoms with Gasteiger partial charge in [0.2, 0.25) is 5.95 Å². The number of rotatable bonds is 2. The third kappa shape index (κ3) is 6.41. The lowest BCUT2D eigenvalue weighted by atomic mass is 10.1. The number of hydrogen-bond acceptors (Lipinski definition) is 7. The van der Waals surface area contributed by atoms with Crippen LogP contribution < -0.4 is 4.90 Å². The summed E-state index contributed by atoms with van der Waals surface area (Å²) in [6.45, 7) is 10.7. The predicted octanol–water partition coefficient (Wildman–Crippen LogP) is 3.93. The van der Waals surface area contributed by atoms with Gasteiger partial charge in [0.15, 0.2) is 0 Å². The van der Waals surface area contributed by atoms with Crippen molar-refractivity contribution in [2.75, 3.05) is 31.1 Å². The van der Waals surface area contributed by atoms with Crippen molar-refractivity contribution in [1.29, 1.82) is 0 Å². The lowest BCUT2D eigenvalue weighted by Gasteiger charge is -2.44. The molecule has 0 aromatic carbocycles. The SMILES string of the molecule is C[C@@H]1CN(c2ncc(C(F)(F)F)cn2)C[C@@H](C)N1C(=O)OC1CCN(C(=O)OC(C)(C)C)CC1. The Morgan fingerprint density at radius 2 is 1.50 bits per heavy atom. The van der Waals surface area contributed by atoms with E-state index in [9.17, 15) is 22.8 Å². The summed E-state index contributed by atoms with van der Waals surface area (Å²) in [5.41, 5.74) is -1.47. The fourth-order valence-electron chi connectivity index (χ4n) is 4.16. The maximum Gasteiger partial charge on any atom is 0.419 e. The van der Waals surface area contributed by atoms with Gasteiger partial charge in [0.25, 0.3) is 0 Å². The first-order valence-electron chi connectivity index (χ1n) is 11.4. The third-order valence-corrected chi connectivity index (χ3v) is 5.74. The molecule has 0 saturated carbocycles. The van der Waals surface area contributed by atoms with Crippen LogP contribution in [-0.4, -0.2) is 81.9 Å². The number of anilines is 1. The zero-order valence-electron chi connectivity index (χ0n) is 20.1. The highest BCUT2D eigenvalue weighted by Gasteiger charge is 2.37. The fraction of sp³-hybridized carbons (Fsp3) is 0.727. The van der Waals surface area contributed by atoms with Gasteiger partial charge in [0.05, 0.1) is 17.6 Å². The molecule has 2 amide bonds. The van der Waals surface area contributed by atoms with E-state index in [4.69, 9.17) is 9.47 Å². The Labute approximate surface area is 197 Å². The van der Waals surface area contributed by atoms with Gasteiger partial charge in [-0.25, -0.2) is 19.6 Å². The van der Waals surface area contributed by atoms with Gasteiger partial charge in [-0.3, -0.25) is 4.90 Å². The smallest absolute Gasteiger partial charge is 0.419 e. The number of hydrogen-bond donors (Lipinski definition) is 0. The molecule has 0 bridgehead atoms. The summed E-state index contributed by atoms with van der Waals surface area (Å²) in [4.78, 5) is 37.9. The molecule has 2 atom stereocenters. The van der Waals surface area contributed by atoms with Gasteiger partial charge in [-0.05, 0) is 34.6 Å². The van der Waals surface area contributed by atoms with E-state index < -0.39 is 23.4 Å². The van der Waals surface area contributed by atoms with Crippen LogP contribution in [0.1, 0.15) is 53.0 Å². The van der Waals surface area contributed by atoms with Crippen molar-refractivity contribution in [2.45, 2.75) is 77.4 Å². The van der Waals surface area contributed by atoms with Crippen LogP contribution in [0.5, 0.6) is 0 Å². The van der Waals surface area contributed by atoms with E-state index in [2.05, 4.69) is 9.97 Å². The first-order chi connectivity index (χ1) is 15.7. The second-order valence-corrected chi connectivity index (χ2v) is 9.83. The number of carbonyl (C=O) groups is 2. The average molecular weight is 488 g/mol. The minimum atomic E-state index is -4.50. The van der Waals surface area contributed by atoms with E-state index in [1.165, 1.54) is 0 Å². The van der Waals surface area contributed by atoms with Crippen molar-refractivity contribution >= 4 is 18.1 Å². The van der Waals surface area contributed by atoms with Crippen molar-refractivity contribution in [3.05, 3.63) is 18.0 Å². The Morgan fingerprint density at radius 1 is 0.971 bits per heavy atom. The Balaban J connectivity index is 1.52. The summed E-state index contributed by atoms with van der Waals surface area (Å²) >= 11 is 0. The number of piperidine rings is 1. The zero-order chi connectivity index (χ0) is 25.3. The first-order valence-corrected chi connectivity index (χ1v) is 11.4. The normalized spacial score (nSPS) is 22.5. The van der Waals surface area contributed by atoms with Crippen LogP contribution in [0.2, 0.25) is 0 Å². The molecule has 190 valence electrons. The summed E-state index contributed by atoms with van der Waals surface area (Å²) in [5, 5.41) is 0. The number of halogens is 3. The highest BCUT2D eigenvalue weighted by molar-refractivity contribution is 5.70.